The van der Waals surface area contributed by atoms with Gasteiger partial charge in [0, 0.05) is 19.8 Å². The molecule has 0 heterocycles. The largest absolute Gasteiger partial charge is 0.401 e. The standard InChI is InChI=1S/C12H15ClF3N3O/c1-19(2)10-4-3-8(5-9(10)13)18-11(20)6-17-7-12(14,15)16/h3-5,17H,6-7H2,1-2H3,(H,18,20). The Bertz CT molecular complexity index is 478. The molecule has 1 aromatic carbocycles. The quantitative estimate of drug-likeness (QED) is 0.878. The molecule has 0 aromatic heterocycles. The van der Waals surface area contributed by atoms with Gasteiger partial charge in [-0.25, -0.2) is 0 Å². The Labute approximate surface area is 119 Å². The first kappa shape index (κ1) is 16.6. The second-order valence-corrected chi connectivity index (χ2v) is 4.73. The molecule has 4 nitrogen and oxygen atoms in total. The van der Waals surface area contributed by atoms with E-state index in [2.05, 4.69) is 5.32 Å². The van der Waals surface area contributed by atoms with Gasteiger partial charge in [0.05, 0.1) is 23.8 Å². The fourth-order valence-electron chi connectivity index (χ4n) is 1.47. The number of anilines is 2. The molecule has 0 atom stereocenters. The van der Waals surface area contributed by atoms with E-state index in [1.165, 1.54) is 0 Å². The smallest absolute Gasteiger partial charge is 0.376 e. The Morgan fingerprint density at radius 1 is 1.35 bits per heavy atom. The highest BCUT2D eigenvalue weighted by atomic mass is 35.5. The first-order valence-electron chi connectivity index (χ1n) is 5.73. The summed E-state index contributed by atoms with van der Waals surface area (Å²) in [5.41, 5.74) is 1.21. The highest BCUT2D eigenvalue weighted by Gasteiger charge is 2.26. The molecule has 8 heteroatoms. The van der Waals surface area contributed by atoms with E-state index < -0.39 is 25.2 Å². The van der Waals surface area contributed by atoms with Crippen LogP contribution in [0, 0.1) is 0 Å². The van der Waals surface area contributed by atoms with Crippen molar-refractivity contribution in [3.8, 4) is 0 Å². The van der Waals surface area contributed by atoms with Gasteiger partial charge in [0.1, 0.15) is 0 Å². The molecule has 0 aliphatic carbocycles. The van der Waals surface area contributed by atoms with Gasteiger partial charge in [0.2, 0.25) is 5.91 Å². The molecule has 2 N–H and O–H groups in total. The summed E-state index contributed by atoms with van der Waals surface area (Å²) in [6.07, 6.45) is -4.34. The number of hydrogen-bond donors (Lipinski definition) is 2. The van der Waals surface area contributed by atoms with Crippen LogP contribution in [-0.2, 0) is 4.79 Å². The average molecular weight is 310 g/mol. The number of nitrogens with one attached hydrogen (secondary N) is 2. The summed E-state index contributed by atoms with van der Waals surface area (Å²) in [6.45, 7) is -1.63. The van der Waals surface area contributed by atoms with Crippen LogP contribution in [0.15, 0.2) is 18.2 Å². The number of halogens is 4. The Balaban J connectivity index is 2.52. The average Bonchev–Trinajstić information content (AvgIpc) is 2.26. The molecule has 1 rings (SSSR count). The number of nitrogens with zero attached hydrogens (tertiary/aromatic N) is 1. The minimum atomic E-state index is -4.34. The van der Waals surface area contributed by atoms with E-state index >= 15 is 0 Å². The molecule has 0 fully saturated rings. The van der Waals surface area contributed by atoms with Crippen LogP contribution in [0.2, 0.25) is 5.02 Å². The van der Waals surface area contributed by atoms with E-state index in [9.17, 15) is 18.0 Å². The topological polar surface area (TPSA) is 44.4 Å². The summed E-state index contributed by atoms with van der Waals surface area (Å²) < 4.78 is 35.7. The minimum Gasteiger partial charge on any atom is -0.376 e. The maximum Gasteiger partial charge on any atom is 0.401 e. The van der Waals surface area contributed by atoms with Crippen LogP contribution in [0.3, 0.4) is 0 Å². The molecule has 0 unspecified atom stereocenters. The summed E-state index contributed by atoms with van der Waals surface area (Å²) in [5, 5.41) is 4.92. The SMILES string of the molecule is CN(C)c1ccc(NC(=O)CNCC(F)(F)F)cc1Cl. The molecule has 1 aromatic rings. The van der Waals surface area contributed by atoms with Crippen molar-refractivity contribution in [2.45, 2.75) is 6.18 Å². The molecule has 0 saturated carbocycles. The van der Waals surface area contributed by atoms with E-state index in [4.69, 9.17) is 11.6 Å². The molecule has 20 heavy (non-hydrogen) atoms. The normalized spacial score (nSPS) is 11.3. The van der Waals surface area contributed by atoms with Crippen molar-refractivity contribution in [2.24, 2.45) is 0 Å². The first-order chi connectivity index (χ1) is 9.19. The summed E-state index contributed by atoms with van der Waals surface area (Å²) in [7, 11) is 3.64. The van der Waals surface area contributed by atoms with Crippen LogP contribution in [0.4, 0.5) is 24.5 Å². The Kier molecular flexibility index (Phi) is 5.64. The number of amides is 1. The number of benzene rings is 1. The summed E-state index contributed by atoms with van der Waals surface area (Å²) in [6, 6.07) is 4.88. The fraction of sp³-hybridized carbons (Fsp3) is 0.417. The zero-order valence-electron chi connectivity index (χ0n) is 11.0. The maximum absolute atomic E-state index is 11.9. The Morgan fingerprint density at radius 3 is 2.50 bits per heavy atom. The molecule has 0 aliphatic heterocycles. The molecule has 0 saturated heterocycles. The van der Waals surface area contributed by atoms with Gasteiger partial charge in [0.25, 0.3) is 0 Å². The number of alkyl halides is 3. The molecular weight excluding hydrogens is 295 g/mol. The van der Waals surface area contributed by atoms with E-state index in [1.807, 2.05) is 19.4 Å². The van der Waals surface area contributed by atoms with Gasteiger partial charge in [0.15, 0.2) is 0 Å². The Hall–Kier alpha value is -1.47. The van der Waals surface area contributed by atoms with Gasteiger partial charge < -0.3 is 15.5 Å². The van der Waals surface area contributed by atoms with Crippen molar-refractivity contribution in [1.82, 2.24) is 5.32 Å². The lowest BCUT2D eigenvalue weighted by atomic mass is 10.2. The number of rotatable bonds is 5. The van der Waals surface area contributed by atoms with Gasteiger partial charge in [-0.1, -0.05) is 11.6 Å². The molecule has 1 amide bonds. The van der Waals surface area contributed by atoms with Crippen LogP contribution in [0.5, 0.6) is 0 Å². The van der Waals surface area contributed by atoms with Gasteiger partial charge in [-0.3, -0.25) is 4.79 Å². The van der Waals surface area contributed by atoms with Crippen molar-refractivity contribution in [3.63, 3.8) is 0 Å². The van der Waals surface area contributed by atoms with Gasteiger partial charge in [-0.2, -0.15) is 13.2 Å². The van der Waals surface area contributed by atoms with E-state index in [0.29, 0.717) is 10.7 Å². The molecule has 0 bridgehead atoms. The van der Waals surface area contributed by atoms with Crippen molar-refractivity contribution < 1.29 is 18.0 Å². The third-order valence-corrected chi connectivity index (χ3v) is 2.63. The maximum atomic E-state index is 11.9. The molecule has 0 spiro atoms. The third-order valence-electron chi connectivity index (χ3n) is 2.32. The number of carbonyl (C=O) groups is 1. The van der Waals surface area contributed by atoms with Crippen LogP contribution >= 0.6 is 11.6 Å². The van der Waals surface area contributed by atoms with Crippen molar-refractivity contribution in [2.75, 3.05) is 37.4 Å². The zero-order valence-corrected chi connectivity index (χ0v) is 11.8. The molecule has 112 valence electrons. The number of hydrogen-bond acceptors (Lipinski definition) is 3. The molecular formula is C12H15ClF3N3O. The van der Waals surface area contributed by atoms with Gasteiger partial charge in [-0.05, 0) is 18.2 Å². The zero-order chi connectivity index (χ0) is 15.3. The second kappa shape index (κ2) is 6.81. The summed E-state index contributed by atoms with van der Waals surface area (Å²) in [4.78, 5) is 13.2. The van der Waals surface area contributed by atoms with E-state index in [0.717, 1.165) is 5.69 Å². The van der Waals surface area contributed by atoms with Crippen LogP contribution < -0.4 is 15.5 Å². The second-order valence-electron chi connectivity index (χ2n) is 4.33. The predicted octanol–water partition coefficient (Wildman–Crippen LogP) is 2.50. The van der Waals surface area contributed by atoms with Gasteiger partial charge >= 0.3 is 6.18 Å². The molecule has 0 radical (unpaired) electrons. The lowest BCUT2D eigenvalue weighted by Crippen LogP contribution is -2.35. The van der Waals surface area contributed by atoms with E-state index in [1.54, 1.807) is 23.1 Å². The predicted molar refractivity (Wildman–Crippen MR) is 73.3 cm³/mol. The minimum absolute atomic E-state index is 0.424. The van der Waals surface area contributed by atoms with Crippen LogP contribution in [0.1, 0.15) is 0 Å². The summed E-state index contributed by atoms with van der Waals surface area (Å²) in [5.74, 6) is -0.567. The Morgan fingerprint density at radius 2 is 2.00 bits per heavy atom. The highest BCUT2D eigenvalue weighted by Crippen LogP contribution is 2.27. The van der Waals surface area contributed by atoms with E-state index in [-0.39, 0.29) is 0 Å². The lowest BCUT2D eigenvalue weighted by molar-refractivity contribution is -0.126. The number of carbonyl (C=O) groups excluding carboxylic acids is 1. The summed E-state index contributed by atoms with van der Waals surface area (Å²) >= 11 is 6.01. The van der Waals surface area contributed by atoms with Crippen LogP contribution in [0.25, 0.3) is 0 Å². The lowest BCUT2D eigenvalue weighted by Gasteiger charge is -2.15. The first-order valence-corrected chi connectivity index (χ1v) is 6.11. The molecule has 0 aliphatic rings. The van der Waals surface area contributed by atoms with Crippen molar-refractivity contribution >= 4 is 28.9 Å². The van der Waals surface area contributed by atoms with Crippen molar-refractivity contribution in [3.05, 3.63) is 23.2 Å². The van der Waals surface area contributed by atoms with Crippen LogP contribution in [-0.4, -0.2) is 39.3 Å². The van der Waals surface area contributed by atoms with Gasteiger partial charge in [-0.15, -0.1) is 0 Å². The monoisotopic (exact) mass is 309 g/mol. The van der Waals surface area contributed by atoms with Crippen molar-refractivity contribution in [1.29, 1.82) is 0 Å². The fourth-order valence-corrected chi connectivity index (χ4v) is 1.82. The highest BCUT2D eigenvalue weighted by molar-refractivity contribution is 6.33. The third kappa shape index (κ3) is 5.66.